The Morgan fingerprint density at radius 1 is 1.62 bits per heavy atom. The summed E-state index contributed by atoms with van der Waals surface area (Å²) in [6, 6.07) is 5.01. The van der Waals surface area contributed by atoms with Gasteiger partial charge in [-0.3, -0.25) is 4.79 Å². The van der Waals surface area contributed by atoms with Crippen molar-refractivity contribution in [3.8, 4) is 5.75 Å². The standard InChI is InChI=1S/C8H8ClNO2S/c1-12-6-3-2-5(9)4-7(6)13-8(10)11/h2-4H,1H3,(H2,10,11). The Kier molecular flexibility index (Phi) is 3.45. The number of halogens is 1. The van der Waals surface area contributed by atoms with Crippen molar-refractivity contribution in [2.75, 3.05) is 7.11 Å². The van der Waals surface area contributed by atoms with Crippen LogP contribution in [0.25, 0.3) is 0 Å². The third-order valence-electron chi connectivity index (χ3n) is 1.34. The molecule has 2 N–H and O–H groups in total. The number of methoxy groups -OCH3 is 1. The third-order valence-corrected chi connectivity index (χ3v) is 2.31. The van der Waals surface area contributed by atoms with Gasteiger partial charge in [-0.2, -0.15) is 0 Å². The molecule has 0 aromatic heterocycles. The fraction of sp³-hybridized carbons (Fsp3) is 0.125. The minimum Gasteiger partial charge on any atom is -0.496 e. The van der Waals surface area contributed by atoms with Crippen molar-refractivity contribution in [1.82, 2.24) is 0 Å². The number of primary amides is 1. The predicted molar refractivity (Wildman–Crippen MR) is 53.4 cm³/mol. The smallest absolute Gasteiger partial charge is 0.281 e. The highest BCUT2D eigenvalue weighted by molar-refractivity contribution is 8.13. The molecule has 0 saturated carbocycles. The number of hydrogen-bond acceptors (Lipinski definition) is 3. The maximum Gasteiger partial charge on any atom is 0.281 e. The molecule has 1 aromatic carbocycles. The number of rotatable bonds is 2. The van der Waals surface area contributed by atoms with Crippen LogP contribution in [0, 0.1) is 0 Å². The molecule has 1 rings (SSSR count). The number of nitrogens with two attached hydrogens (primary N) is 1. The molecule has 0 aliphatic heterocycles. The number of carbonyl (C=O) groups is 1. The summed E-state index contributed by atoms with van der Waals surface area (Å²) in [5.74, 6) is 0.591. The van der Waals surface area contributed by atoms with E-state index in [0.29, 0.717) is 15.7 Å². The normalized spacial score (nSPS) is 9.69. The molecule has 0 unspecified atom stereocenters. The minimum atomic E-state index is -0.486. The Morgan fingerprint density at radius 2 is 2.31 bits per heavy atom. The molecule has 0 atom stereocenters. The molecule has 0 heterocycles. The van der Waals surface area contributed by atoms with Crippen LogP contribution < -0.4 is 10.5 Å². The number of benzene rings is 1. The van der Waals surface area contributed by atoms with E-state index in [0.717, 1.165) is 11.8 Å². The van der Waals surface area contributed by atoms with Gasteiger partial charge in [0.15, 0.2) is 0 Å². The summed E-state index contributed by atoms with van der Waals surface area (Å²) < 4.78 is 5.01. The average Bonchev–Trinajstić information content (AvgIpc) is 2.03. The predicted octanol–water partition coefficient (Wildman–Crippen LogP) is 2.52. The van der Waals surface area contributed by atoms with Crippen molar-refractivity contribution in [3.05, 3.63) is 23.2 Å². The lowest BCUT2D eigenvalue weighted by atomic mass is 10.3. The van der Waals surface area contributed by atoms with E-state index in [-0.39, 0.29) is 0 Å². The molecule has 0 spiro atoms. The Morgan fingerprint density at radius 3 is 2.85 bits per heavy atom. The van der Waals surface area contributed by atoms with E-state index in [1.165, 1.54) is 7.11 Å². The van der Waals surface area contributed by atoms with Gasteiger partial charge in [0.1, 0.15) is 5.75 Å². The summed E-state index contributed by atoms with van der Waals surface area (Å²) in [6.07, 6.45) is 0. The van der Waals surface area contributed by atoms with E-state index in [9.17, 15) is 4.79 Å². The molecule has 0 saturated heterocycles. The number of carbonyl (C=O) groups excluding carboxylic acids is 1. The molecular formula is C8H8ClNO2S. The highest BCUT2D eigenvalue weighted by Crippen LogP contribution is 2.31. The fourth-order valence-electron chi connectivity index (χ4n) is 0.839. The number of ether oxygens (including phenoxy) is 1. The summed E-state index contributed by atoms with van der Waals surface area (Å²) in [7, 11) is 1.52. The van der Waals surface area contributed by atoms with Crippen LogP contribution >= 0.6 is 23.4 Å². The van der Waals surface area contributed by atoms with Crippen molar-refractivity contribution in [3.63, 3.8) is 0 Å². The van der Waals surface area contributed by atoms with Crippen molar-refractivity contribution >= 4 is 28.6 Å². The third kappa shape index (κ3) is 2.82. The Hall–Kier alpha value is -0.870. The van der Waals surface area contributed by atoms with Crippen LogP contribution in [0.15, 0.2) is 23.1 Å². The Bertz CT molecular complexity index is 330. The molecule has 70 valence electrons. The number of hydrogen-bond donors (Lipinski definition) is 1. The topological polar surface area (TPSA) is 52.3 Å². The summed E-state index contributed by atoms with van der Waals surface area (Å²) in [5.41, 5.74) is 5.02. The molecule has 0 fully saturated rings. The lowest BCUT2D eigenvalue weighted by Crippen LogP contribution is -2.02. The highest BCUT2D eigenvalue weighted by atomic mass is 35.5. The first-order chi connectivity index (χ1) is 6.13. The first-order valence-corrected chi connectivity index (χ1v) is 4.63. The van der Waals surface area contributed by atoms with Crippen LogP contribution in [0.5, 0.6) is 5.75 Å². The van der Waals surface area contributed by atoms with E-state index in [2.05, 4.69) is 0 Å². The van der Waals surface area contributed by atoms with Gasteiger partial charge in [-0.25, -0.2) is 0 Å². The van der Waals surface area contributed by atoms with E-state index in [1.54, 1.807) is 18.2 Å². The maximum absolute atomic E-state index is 10.6. The summed E-state index contributed by atoms with van der Waals surface area (Å²) in [5, 5.41) is 0.0603. The second-order valence-corrected chi connectivity index (χ2v) is 3.70. The van der Waals surface area contributed by atoms with Gasteiger partial charge in [0.2, 0.25) is 0 Å². The van der Waals surface area contributed by atoms with E-state index in [1.807, 2.05) is 0 Å². The van der Waals surface area contributed by atoms with E-state index in [4.69, 9.17) is 22.1 Å². The lowest BCUT2D eigenvalue weighted by Gasteiger charge is -2.05. The molecule has 13 heavy (non-hydrogen) atoms. The average molecular weight is 218 g/mol. The monoisotopic (exact) mass is 217 g/mol. The molecule has 1 amide bonds. The number of amides is 1. The van der Waals surface area contributed by atoms with Gasteiger partial charge in [-0.1, -0.05) is 11.6 Å². The largest absolute Gasteiger partial charge is 0.496 e. The lowest BCUT2D eigenvalue weighted by molar-refractivity contribution is 0.267. The van der Waals surface area contributed by atoms with Crippen LogP contribution in [-0.4, -0.2) is 12.3 Å². The molecule has 0 aliphatic rings. The Balaban J connectivity index is 3.01. The zero-order valence-corrected chi connectivity index (χ0v) is 8.48. The van der Waals surface area contributed by atoms with Crippen molar-refractivity contribution in [2.45, 2.75) is 4.90 Å². The van der Waals surface area contributed by atoms with Crippen LogP contribution in [0.4, 0.5) is 4.79 Å². The fourth-order valence-corrected chi connectivity index (χ4v) is 1.73. The van der Waals surface area contributed by atoms with Crippen LogP contribution in [0.1, 0.15) is 0 Å². The molecule has 3 nitrogen and oxygen atoms in total. The highest BCUT2D eigenvalue weighted by Gasteiger charge is 2.07. The zero-order chi connectivity index (χ0) is 9.84. The van der Waals surface area contributed by atoms with Gasteiger partial charge in [-0.05, 0) is 30.0 Å². The van der Waals surface area contributed by atoms with Gasteiger partial charge in [0.25, 0.3) is 5.24 Å². The van der Waals surface area contributed by atoms with E-state index < -0.39 is 5.24 Å². The maximum atomic E-state index is 10.6. The van der Waals surface area contributed by atoms with Crippen LogP contribution in [-0.2, 0) is 0 Å². The van der Waals surface area contributed by atoms with Crippen molar-refractivity contribution < 1.29 is 9.53 Å². The van der Waals surface area contributed by atoms with Crippen molar-refractivity contribution in [1.29, 1.82) is 0 Å². The van der Waals surface area contributed by atoms with Gasteiger partial charge < -0.3 is 10.5 Å². The molecule has 0 radical (unpaired) electrons. The molecule has 0 bridgehead atoms. The second-order valence-electron chi connectivity index (χ2n) is 2.22. The number of thioether (sulfide) groups is 1. The molecule has 0 aliphatic carbocycles. The van der Waals surface area contributed by atoms with Gasteiger partial charge in [0.05, 0.1) is 12.0 Å². The van der Waals surface area contributed by atoms with Gasteiger partial charge >= 0.3 is 0 Å². The van der Waals surface area contributed by atoms with Gasteiger partial charge in [0, 0.05) is 5.02 Å². The quantitative estimate of drug-likeness (QED) is 0.775. The molecule has 5 heteroatoms. The van der Waals surface area contributed by atoms with Gasteiger partial charge in [-0.15, -0.1) is 0 Å². The molecule has 1 aromatic rings. The van der Waals surface area contributed by atoms with E-state index >= 15 is 0 Å². The Labute approximate surface area is 85.2 Å². The summed E-state index contributed by atoms with van der Waals surface area (Å²) in [6.45, 7) is 0. The minimum absolute atomic E-state index is 0.486. The zero-order valence-electron chi connectivity index (χ0n) is 6.91. The first-order valence-electron chi connectivity index (χ1n) is 3.44. The van der Waals surface area contributed by atoms with Crippen molar-refractivity contribution in [2.24, 2.45) is 5.73 Å². The SMILES string of the molecule is COc1ccc(Cl)cc1SC(N)=O. The first kappa shape index (κ1) is 10.2. The second kappa shape index (κ2) is 4.39. The molecular weight excluding hydrogens is 210 g/mol. The summed E-state index contributed by atoms with van der Waals surface area (Å²) in [4.78, 5) is 11.3. The van der Waals surface area contributed by atoms with Crippen LogP contribution in [0.3, 0.4) is 0 Å². The summed E-state index contributed by atoms with van der Waals surface area (Å²) >= 11 is 6.63. The van der Waals surface area contributed by atoms with Crippen LogP contribution in [0.2, 0.25) is 5.02 Å².